The van der Waals surface area contributed by atoms with Gasteiger partial charge in [0.15, 0.2) is 18.3 Å². The highest BCUT2D eigenvalue weighted by atomic mass is 16.5. The lowest BCUT2D eigenvalue weighted by atomic mass is 10.1. The zero-order valence-corrected chi connectivity index (χ0v) is 19.4. The van der Waals surface area contributed by atoms with Crippen LogP contribution in [0.2, 0.25) is 0 Å². The molecule has 1 amide bonds. The van der Waals surface area contributed by atoms with E-state index in [1.165, 1.54) is 0 Å². The number of hydrogen-bond donors (Lipinski definition) is 1. The molecule has 0 saturated carbocycles. The summed E-state index contributed by atoms with van der Waals surface area (Å²) in [5.41, 5.74) is 4.71. The fourth-order valence-corrected chi connectivity index (χ4v) is 3.46. The smallest absolute Gasteiger partial charge is 0.306 e. The van der Waals surface area contributed by atoms with Crippen molar-refractivity contribution in [3.8, 4) is 17.0 Å². The van der Waals surface area contributed by atoms with Crippen molar-refractivity contribution in [1.29, 1.82) is 0 Å². The molecule has 4 rings (SSSR count). The molecule has 0 saturated heterocycles. The molecule has 8 nitrogen and oxygen atoms in total. The summed E-state index contributed by atoms with van der Waals surface area (Å²) < 4.78 is 12.5. The van der Waals surface area contributed by atoms with Gasteiger partial charge in [0.1, 0.15) is 5.82 Å². The molecule has 0 aliphatic carbocycles. The number of rotatable bonds is 8. The molecule has 8 heteroatoms. The summed E-state index contributed by atoms with van der Waals surface area (Å²) in [6, 6.07) is 17.4. The monoisotopic (exact) mass is 458 g/mol. The first-order valence-corrected chi connectivity index (χ1v) is 11.0. The average molecular weight is 459 g/mol. The van der Waals surface area contributed by atoms with Crippen molar-refractivity contribution < 1.29 is 18.7 Å². The molecule has 2 aromatic carbocycles. The Hall–Kier alpha value is -4.20. The van der Waals surface area contributed by atoms with Crippen LogP contribution in [0.5, 0.6) is 0 Å². The maximum atomic E-state index is 12.4. The van der Waals surface area contributed by atoms with E-state index in [1.54, 1.807) is 16.9 Å². The molecular formula is C26H26N4O4. The second kappa shape index (κ2) is 10.2. The number of ether oxygens (including phenoxy) is 1. The molecule has 0 bridgehead atoms. The number of aryl methyl sites for hydroxylation is 4. The molecule has 0 aliphatic rings. The number of esters is 1. The average Bonchev–Trinajstić information content (AvgIpc) is 3.43. The molecule has 0 radical (unpaired) electrons. The van der Waals surface area contributed by atoms with Crippen LogP contribution in [0.3, 0.4) is 0 Å². The number of benzene rings is 2. The third-order valence-electron chi connectivity index (χ3n) is 5.24. The Morgan fingerprint density at radius 1 is 1.06 bits per heavy atom. The fraction of sp³-hybridized carbons (Fsp3) is 0.231. The molecule has 34 heavy (non-hydrogen) atoms. The van der Waals surface area contributed by atoms with Crippen LogP contribution in [0.4, 0.5) is 5.82 Å². The number of carbonyl (C=O) groups is 2. The largest absolute Gasteiger partial charge is 0.456 e. The molecular weight excluding hydrogens is 432 g/mol. The van der Waals surface area contributed by atoms with Crippen molar-refractivity contribution in [1.82, 2.24) is 14.8 Å². The van der Waals surface area contributed by atoms with Crippen LogP contribution in [0.15, 0.2) is 65.2 Å². The van der Waals surface area contributed by atoms with E-state index in [-0.39, 0.29) is 12.8 Å². The van der Waals surface area contributed by atoms with Crippen molar-refractivity contribution >= 4 is 17.7 Å². The third kappa shape index (κ3) is 5.58. The first kappa shape index (κ1) is 23.0. The van der Waals surface area contributed by atoms with E-state index < -0.39 is 18.5 Å². The lowest BCUT2D eigenvalue weighted by Gasteiger charge is -2.11. The highest BCUT2D eigenvalue weighted by molar-refractivity contribution is 5.92. The Morgan fingerprint density at radius 2 is 1.82 bits per heavy atom. The van der Waals surface area contributed by atoms with Gasteiger partial charge in [-0.2, -0.15) is 5.10 Å². The number of oxazole rings is 1. The van der Waals surface area contributed by atoms with Crippen LogP contribution in [0.1, 0.15) is 29.1 Å². The summed E-state index contributed by atoms with van der Waals surface area (Å²) in [5, 5.41) is 7.22. The molecule has 0 aliphatic heterocycles. The molecule has 1 N–H and O–H groups in total. The van der Waals surface area contributed by atoms with Gasteiger partial charge >= 0.3 is 5.97 Å². The molecule has 2 aromatic heterocycles. The van der Waals surface area contributed by atoms with E-state index >= 15 is 0 Å². The molecule has 0 unspecified atom stereocenters. The van der Waals surface area contributed by atoms with E-state index in [1.807, 2.05) is 69.3 Å². The molecule has 4 aromatic rings. The maximum Gasteiger partial charge on any atom is 0.306 e. The minimum Gasteiger partial charge on any atom is -0.456 e. The van der Waals surface area contributed by atoms with Crippen molar-refractivity contribution in [3.63, 3.8) is 0 Å². The minimum absolute atomic E-state index is 0.0569. The molecule has 0 spiro atoms. The second-order valence-electron chi connectivity index (χ2n) is 8.06. The fourth-order valence-electron chi connectivity index (χ4n) is 3.46. The van der Waals surface area contributed by atoms with Crippen LogP contribution in [0, 0.1) is 20.8 Å². The van der Waals surface area contributed by atoms with Crippen molar-refractivity contribution in [3.05, 3.63) is 83.5 Å². The summed E-state index contributed by atoms with van der Waals surface area (Å²) in [7, 11) is 0. The van der Waals surface area contributed by atoms with E-state index in [4.69, 9.17) is 9.15 Å². The van der Waals surface area contributed by atoms with Gasteiger partial charge in [-0.25, -0.2) is 9.67 Å². The van der Waals surface area contributed by atoms with Gasteiger partial charge in [0, 0.05) is 18.1 Å². The number of carbonyl (C=O) groups excluding carboxylic acids is 2. The zero-order chi connectivity index (χ0) is 24.1. The standard InChI is InChI=1S/C26H26N4O4/c1-17-8-10-20(11-9-17)22-15-27-25(34-22)12-13-26(32)33-16-24(31)28-23-14-19(3)29-30(23)21-7-5-4-6-18(21)2/h4-11,14-15H,12-13,16H2,1-3H3,(H,28,31). The number of anilines is 1. The topological polar surface area (TPSA) is 99.2 Å². The molecule has 174 valence electrons. The lowest BCUT2D eigenvalue weighted by Crippen LogP contribution is -2.22. The van der Waals surface area contributed by atoms with Gasteiger partial charge in [-0.1, -0.05) is 48.0 Å². The SMILES string of the molecule is Cc1ccc(-c2cnc(CCC(=O)OCC(=O)Nc3cc(C)nn3-c3ccccc3C)o2)cc1. The van der Waals surface area contributed by atoms with Crippen LogP contribution >= 0.6 is 0 Å². The van der Waals surface area contributed by atoms with E-state index in [0.717, 1.165) is 28.1 Å². The predicted molar refractivity (Wildman–Crippen MR) is 128 cm³/mol. The van der Waals surface area contributed by atoms with Gasteiger partial charge in [-0.15, -0.1) is 0 Å². The van der Waals surface area contributed by atoms with Gasteiger partial charge in [-0.05, 0) is 32.4 Å². The Bertz CT molecular complexity index is 1300. The predicted octanol–water partition coefficient (Wildman–Crippen LogP) is 4.57. The van der Waals surface area contributed by atoms with Gasteiger partial charge < -0.3 is 14.5 Å². The third-order valence-corrected chi connectivity index (χ3v) is 5.24. The Labute approximate surface area is 197 Å². The van der Waals surface area contributed by atoms with E-state index in [9.17, 15) is 9.59 Å². The summed E-state index contributed by atoms with van der Waals surface area (Å²) >= 11 is 0. The van der Waals surface area contributed by atoms with E-state index in [2.05, 4.69) is 15.4 Å². The Morgan fingerprint density at radius 3 is 2.59 bits per heavy atom. The van der Waals surface area contributed by atoms with Gasteiger partial charge in [0.25, 0.3) is 5.91 Å². The molecule has 0 atom stereocenters. The maximum absolute atomic E-state index is 12.4. The first-order valence-electron chi connectivity index (χ1n) is 11.0. The summed E-state index contributed by atoms with van der Waals surface area (Å²) in [6.45, 7) is 5.44. The number of aromatic nitrogens is 3. The van der Waals surface area contributed by atoms with Gasteiger partial charge in [0.2, 0.25) is 0 Å². The van der Waals surface area contributed by atoms with E-state index in [0.29, 0.717) is 17.5 Å². The Balaban J connectivity index is 1.28. The first-order chi connectivity index (χ1) is 16.4. The van der Waals surface area contributed by atoms with Crippen LogP contribution in [-0.2, 0) is 20.7 Å². The lowest BCUT2D eigenvalue weighted by molar-refractivity contribution is -0.147. The number of amides is 1. The summed E-state index contributed by atoms with van der Waals surface area (Å²) in [4.78, 5) is 28.8. The van der Waals surface area contributed by atoms with Crippen LogP contribution < -0.4 is 5.32 Å². The van der Waals surface area contributed by atoms with Crippen LogP contribution in [-0.4, -0.2) is 33.2 Å². The second-order valence-corrected chi connectivity index (χ2v) is 8.06. The highest BCUT2D eigenvalue weighted by Gasteiger charge is 2.15. The molecule has 2 heterocycles. The highest BCUT2D eigenvalue weighted by Crippen LogP contribution is 2.22. The summed E-state index contributed by atoms with van der Waals surface area (Å²) in [6.07, 6.45) is 1.98. The summed E-state index contributed by atoms with van der Waals surface area (Å²) in [5.74, 6) is 0.642. The van der Waals surface area contributed by atoms with Crippen molar-refractivity contribution in [2.45, 2.75) is 33.6 Å². The van der Waals surface area contributed by atoms with Gasteiger partial charge in [0.05, 0.1) is 24.0 Å². The number of hydrogen-bond acceptors (Lipinski definition) is 6. The molecule has 0 fully saturated rings. The van der Waals surface area contributed by atoms with Crippen molar-refractivity contribution in [2.75, 3.05) is 11.9 Å². The van der Waals surface area contributed by atoms with Gasteiger partial charge in [-0.3, -0.25) is 9.59 Å². The quantitative estimate of drug-likeness (QED) is 0.389. The Kier molecular flexibility index (Phi) is 6.87. The number of nitrogens with one attached hydrogen (secondary N) is 1. The number of nitrogens with zero attached hydrogens (tertiary/aromatic N) is 3. The van der Waals surface area contributed by atoms with Crippen molar-refractivity contribution in [2.24, 2.45) is 0 Å². The zero-order valence-electron chi connectivity index (χ0n) is 19.4. The number of para-hydroxylation sites is 1. The minimum atomic E-state index is -0.506. The van der Waals surface area contributed by atoms with Crippen LogP contribution in [0.25, 0.3) is 17.0 Å². The normalized spacial score (nSPS) is 10.8.